The summed E-state index contributed by atoms with van der Waals surface area (Å²) in [6.45, 7) is 0. The molecule has 0 unspecified atom stereocenters. The second kappa shape index (κ2) is 5.75. The lowest BCUT2D eigenvalue weighted by molar-refractivity contribution is -0.00512. The Kier molecular flexibility index (Phi) is 3.23. The molecule has 0 spiro atoms. The van der Waals surface area contributed by atoms with Crippen LogP contribution in [0.25, 0.3) is 27.5 Å². The van der Waals surface area contributed by atoms with Crippen molar-refractivity contribution < 1.29 is 0 Å². The molecule has 29 heavy (non-hydrogen) atoms. The van der Waals surface area contributed by atoms with Crippen LogP contribution in [0.15, 0.2) is 72.8 Å². The molecule has 0 radical (unpaired) electrons. The highest BCUT2D eigenvalue weighted by Gasteiger charge is 2.51. The summed E-state index contributed by atoms with van der Waals surface area (Å²) >= 11 is 0. The highest BCUT2D eigenvalue weighted by atomic mass is 15.0. The molecule has 4 aliphatic rings. The maximum absolute atomic E-state index is 2.57. The van der Waals surface area contributed by atoms with E-state index in [1.165, 1.54) is 66.0 Å². The van der Waals surface area contributed by atoms with Gasteiger partial charge < -0.3 is 4.57 Å². The quantitative estimate of drug-likeness (QED) is 0.347. The summed E-state index contributed by atoms with van der Waals surface area (Å²) in [6, 6.07) is 27.2. The number of nitrogens with zero attached hydrogens (tertiary/aromatic N) is 1. The van der Waals surface area contributed by atoms with Crippen LogP contribution in [0, 0.1) is 17.8 Å². The molecule has 1 nitrogen and oxygen atoms in total. The Labute approximate surface area is 172 Å². The van der Waals surface area contributed by atoms with Gasteiger partial charge in [0, 0.05) is 16.5 Å². The molecule has 8 rings (SSSR count). The van der Waals surface area contributed by atoms with Crippen LogP contribution < -0.4 is 0 Å². The average Bonchev–Trinajstić information content (AvgIpc) is 3.07. The molecular formula is C28H27N. The molecule has 0 atom stereocenters. The van der Waals surface area contributed by atoms with Crippen molar-refractivity contribution in [2.24, 2.45) is 17.8 Å². The Morgan fingerprint density at radius 2 is 1.24 bits per heavy atom. The molecule has 1 heteroatoms. The highest BCUT2D eigenvalue weighted by Crippen LogP contribution is 2.61. The Balaban J connectivity index is 1.46. The predicted octanol–water partition coefficient (Wildman–Crippen LogP) is 7.25. The Bertz CT molecular complexity index is 1190. The fourth-order valence-electron chi connectivity index (χ4n) is 7.62. The molecule has 0 N–H and O–H groups in total. The predicted molar refractivity (Wildman–Crippen MR) is 121 cm³/mol. The van der Waals surface area contributed by atoms with E-state index < -0.39 is 0 Å². The van der Waals surface area contributed by atoms with E-state index in [2.05, 4.69) is 77.4 Å². The monoisotopic (exact) mass is 377 g/mol. The number of hydrogen-bond donors (Lipinski definition) is 0. The van der Waals surface area contributed by atoms with Crippen molar-refractivity contribution in [1.29, 1.82) is 0 Å². The van der Waals surface area contributed by atoms with E-state index in [-0.39, 0.29) is 0 Å². The molecule has 0 aliphatic heterocycles. The SMILES string of the molecule is c1ccc(-n2c3ccccc3c3cc(C45CC6CC(CC(C6)C4)C5)ccc32)cc1. The number of para-hydroxylation sites is 2. The van der Waals surface area contributed by atoms with Crippen molar-refractivity contribution in [3.63, 3.8) is 0 Å². The number of hydrogen-bond acceptors (Lipinski definition) is 0. The molecule has 144 valence electrons. The summed E-state index contributed by atoms with van der Waals surface area (Å²) in [5.74, 6) is 2.97. The maximum Gasteiger partial charge on any atom is 0.0541 e. The van der Waals surface area contributed by atoms with Crippen molar-refractivity contribution in [2.45, 2.75) is 43.9 Å². The van der Waals surface area contributed by atoms with Crippen LogP contribution >= 0.6 is 0 Å². The van der Waals surface area contributed by atoms with E-state index in [4.69, 9.17) is 0 Å². The Hall–Kier alpha value is -2.54. The van der Waals surface area contributed by atoms with E-state index in [1.54, 1.807) is 5.56 Å². The second-order valence-electron chi connectivity index (χ2n) is 10.1. The van der Waals surface area contributed by atoms with E-state index in [0.29, 0.717) is 5.41 Å². The minimum Gasteiger partial charge on any atom is -0.309 e. The van der Waals surface area contributed by atoms with Crippen LogP contribution in [0.2, 0.25) is 0 Å². The van der Waals surface area contributed by atoms with Crippen molar-refractivity contribution in [2.75, 3.05) is 0 Å². The van der Waals surface area contributed by atoms with Crippen LogP contribution in [0.1, 0.15) is 44.1 Å². The first-order valence-electron chi connectivity index (χ1n) is 11.4. The number of fused-ring (bicyclic) bond motifs is 3. The van der Waals surface area contributed by atoms with Gasteiger partial charge in [-0.3, -0.25) is 0 Å². The highest BCUT2D eigenvalue weighted by molar-refractivity contribution is 6.09. The van der Waals surface area contributed by atoms with Gasteiger partial charge in [0.25, 0.3) is 0 Å². The minimum absolute atomic E-state index is 0.457. The van der Waals surface area contributed by atoms with E-state index in [9.17, 15) is 0 Å². The zero-order valence-corrected chi connectivity index (χ0v) is 16.9. The van der Waals surface area contributed by atoms with Crippen LogP contribution in [-0.2, 0) is 5.41 Å². The summed E-state index contributed by atoms with van der Waals surface area (Å²) in [5, 5.41) is 2.82. The van der Waals surface area contributed by atoms with Gasteiger partial charge in [-0.15, -0.1) is 0 Å². The third kappa shape index (κ3) is 2.28. The first-order chi connectivity index (χ1) is 14.3. The summed E-state index contributed by atoms with van der Waals surface area (Å²) in [6.07, 6.45) is 8.82. The molecule has 1 heterocycles. The van der Waals surface area contributed by atoms with Crippen LogP contribution in [0.3, 0.4) is 0 Å². The van der Waals surface area contributed by atoms with Crippen molar-refractivity contribution >= 4 is 21.8 Å². The zero-order chi connectivity index (χ0) is 19.0. The molecule has 0 saturated heterocycles. The van der Waals surface area contributed by atoms with Gasteiger partial charge in [0.1, 0.15) is 0 Å². The maximum atomic E-state index is 2.57. The van der Waals surface area contributed by atoms with Crippen molar-refractivity contribution in [3.05, 3.63) is 78.4 Å². The topological polar surface area (TPSA) is 4.93 Å². The standard InChI is InChI=1S/C28H27N/c1-2-6-23(7-3-1)29-26-9-5-4-8-24(26)25-15-22(10-11-27(25)29)28-16-19-12-20(17-28)14-21(13-19)18-28/h1-11,15,19-21H,12-14,16-18H2. The largest absolute Gasteiger partial charge is 0.309 e. The van der Waals surface area contributed by atoms with Crippen LogP contribution in [0.4, 0.5) is 0 Å². The van der Waals surface area contributed by atoms with Gasteiger partial charge in [0.15, 0.2) is 0 Å². The van der Waals surface area contributed by atoms with Crippen molar-refractivity contribution in [1.82, 2.24) is 4.57 Å². The summed E-state index contributed by atoms with van der Waals surface area (Å²) in [5.41, 5.74) is 5.99. The lowest BCUT2D eigenvalue weighted by Crippen LogP contribution is -2.48. The normalized spacial score (nSPS) is 30.4. The summed E-state index contributed by atoms with van der Waals surface area (Å²) < 4.78 is 2.44. The summed E-state index contributed by atoms with van der Waals surface area (Å²) in [4.78, 5) is 0. The fourth-order valence-corrected chi connectivity index (χ4v) is 7.62. The third-order valence-electron chi connectivity index (χ3n) is 8.34. The van der Waals surface area contributed by atoms with Gasteiger partial charge in [-0.05, 0) is 97.6 Å². The molecule has 4 fully saturated rings. The van der Waals surface area contributed by atoms with Gasteiger partial charge in [0.2, 0.25) is 0 Å². The molecule has 4 saturated carbocycles. The molecule has 1 aromatic heterocycles. The average molecular weight is 378 g/mol. The van der Waals surface area contributed by atoms with Crippen LogP contribution in [0.5, 0.6) is 0 Å². The van der Waals surface area contributed by atoms with E-state index in [1.807, 2.05) is 0 Å². The smallest absolute Gasteiger partial charge is 0.0541 e. The fraction of sp³-hybridized carbons (Fsp3) is 0.357. The zero-order valence-electron chi connectivity index (χ0n) is 16.9. The third-order valence-corrected chi connectivity index (χ3v) is 8.34. The first kappa shape index (κ1) is 16.3. The Morgan fingerprint density at radius 1 is 0.621 bits per heavy atom. The lowest BCUT2D eigenvalue weighted by Gasteiger charge is -2.57. The van der Waals surface area contributed by atoms with Crippen molar-refractivity contribution in [3.8, 4) is 5.69 Å². The first-order valence-corrected chi connectivity index (χ1v) is 11.4. The molecular weight excluding hydrogens is 350 g/mol. The lowest BCUT2D eigenvalue weighted by atomic mass is 9.48. The van der Waals surface area contributed by atoms with Gasteiger partial charge in [-0.25, -0.2) is 0 Å². The number of rotatable bonds is 2. The minimum atomic E-state index is 0.457. The Morgan fingerprint density at radius 3 is 1.97 bits per heavy atom. The van der Waals surface area contributed by atoms with Crippen LogP contribution in [-0.4, -0.2) is 4.57 Å². The number of aromatic nitrogens is 1. The van der Waals surface area contributed by atoms with Gasteiger partial charge >= 0.3 is 0 Å². The molecule has 4 aliphatic carbocycles. The molecule has 4 aromatic rings. The summed E-state index contributed by atoms with van der Waals surface area (Å²) in [7, 11) is 0. The molecule has 4 bridgehead atoms. The van der Waals surface area contributed by atoms with E-state index >= 15 is 0 Å². The van der Waals surface area contributed by atoms with Gasteiger partial charge in [-0.1, -0.05) is 42.5 Å². The molecule has 0 amide bonds. The van der Waals surface area contributed by atoms with E-state index in [0.717, 1.165) is 17.8 Å². The number of benzene rings is 3. The van der Waals surface area contributed by atoms with Gasteiger partial charge in [-0.2, -0.15) is 0 Å². The second-order valence-corrected chi connectivity index (χ2v) is 10.1. The molecule has 3 aromatic carbocycles. The van der Waals surface area contributed by atoms with Gasteiger partial charge in [0.05, 0.1) is 11.0 Å².